The minimum absolute atomic E-state index is 0. The molecular weight excluding hydrogens is 1080 g/mol. The SMILES string of the molecule is CC1(C)c2cnc(-c3[c-]cc(-c4ccccc4-c4cc(CCc5c[c-]c(-c6ccccn6)cc5)cc(CCc5c[c-]c(-c6ccccn6)cc5)c4)c(-c4ccc(-c5ccccc5)cc4)c3)cc2C(C)(C)C1(C)C.[Ir+3]. The Morgan fingerprint density at radius 1 is 0.351 bits per heavy atom. The minimum Gasteiger partial charge on any atom is -0.305 e. The zero-order valence-electron chi connectivity index (χ0n) is 43.1. The van der Waals surface area contributed by atoms with Crippen LogP contribution in [0.25, 0.3) is 78.3 Å². The number of pyridine rings is 3. The number of benzene rings is 7. The Bertz CT molecular complexity index is 3440. The number of aromatic nitrogens is 3. The molecule has 11 rings (SSSR count). The molecule has 0 unspecified atom stereocenters. The van der Waals surface area contributed by atoms with Crippen molar-refractivity contribution in [2.24, 2.45) is 5.41 Å². The van der Waals surface area contributed by atoms with Gasteiger partial charge in [0.1, 0.15) is 0 Å². The van der Waals surface area contributed by atoms with Crippen LogP contribution in [0, 0.1) is 23.6 Å². The summed E-state index contributed by atoms with van der Waals surface area (Å²) in [6.07, 6.45) is 9.40. The van der Waals surface area contributed by atoms with Crippen LogP contribution in [0.2, 0.25) is 0 Å². The van der Waals surface area contributed by atoms with Gasteiger partial charge in [0.2, 0.25) is 0 Å². The van der Waals surface area contributed by atoms with E-state index < -0.39 is 0 Å². The van der Waals surface area contributed by atoms with Crippen LogP contribution in [0.1, 0.15) is 74.9 Å². The van der Waals surface area contributed by atoms with Crippen LogP contribution in [0.5, 0.6) is 0 Å². The number of hydrogen-bond acceptors (Lipinski definition) is 3. The van der Waals surface area contributed by atoms with E-state index in [1.54, 1.807) is 0 Å². The van der Waals surface area contributed by atoms with Crippen LogP contribution >= 0.6 is 0 Å². The van der Waals surface area contributed by atoms with Gasteiger partial charge >= 0.3 is 20.1 Å². The fraction of sp³-hybridized carbons (Fsp3) is 0.186. The first kappa shape index (κ1) is 50.2. The maximum atomic E-state index is 5.20. The standard InChI is InChI=1S/C70H60N3.Ir/c1-68(2)63-46-67(73-47-64(63)69(3,4)70(68,5)6)57-38-39-61(62(45-57)54-36-34-53(35-37-54)52-16-8-7-9-17-52)60-19-11-10-18-59(60)58-43-50(24-22-48-26-30-55(31-27-48)65-20-12-14-40-71-65)42-51(44-58)25-23-49-28-32-56(33-29-49)66-21-13-15-41-72-66;/h7-21,26-30,32,34-37,39-47H,22-25H2,1-6H3;/q-3;+3. The van der Waals surface area contributed by atoms with Crippen molar-refractivity contribution in [1.29, 1.82) is 0 Å². The molecule has 364 valence electrons. The zero-order chi connectivity index (χ0) is 50.2. The fourth-order valence-electron chi connectivity index (χ4n) is 11.0. The maximum Gasteiger partial charge on any atom is 3.00 e. The number of nitrogens with zero attached hydrogens (tertiary/aromatic N) is 3. The van der Waals surface area contributed by atoms with E-state index in [2.05, 4.69) is 228 Å². The van der Waals surface area contributed by atoms with Gasteiger partial charge in [-0.3, -0.25) is 0 Å². The second-order valence-electron chi connectivity index (χ2n) is 21.3. The third kappa shape index (κ3) is 9.78. The van der Waals surface area contributed by atoms with Gasteiger partial charge in [0.25, 0.3) is 0 Å². The van der Waals surface area contributed by atoms with Crippen LogP contribution in [0.4, 0.5) is 0 Å². The molecule has 0 radical (unpaired) electrons. The van der Waals surface area contributed by atoms with Gasteiger partial charge in [-0.2, -0.15) is 0 Å². The summed E-state index contributed by atoms with van der Waals surface area (Å²) in [6.45, 7) is 14.4. The van der Waals surface area contributed by atoms with E-state index in [9.17, 15) is 0 Å². The number of fused-ring (bicyclic) bond motifs is 1. The Hall–Kier alpha value is -7.36. The number of aryl methyl sites for hydroxylation is 4. The fourth-order valence-corrected chi connectivity index (χ4v) is 11.0. The largest absolute Gasteiger partial charge is 3.00 e. The Kier molecular flexibility index (Phi) is 14.2. The van der Waals surface area contributed by atoms with Gasteiger partial charge in [0, 0.05) is 18.6 Å². The second-order valence-corrected chi connectivity index (χ2v) is 21.3. The van der Waals surface area contributed by atoms with Crippen molar-refractivity contribution in [3.63, 3.8) is 0 Å². The van der Waals surface area contributed by atoms with E-state index in [4.69, 9.17) is 4.98 Å². The van der Waals surface area contributed by atoms with Crippen LogP contribution in [0.3, 0.4) is 0 Å². The normalized spacial score (nSPS) is 14.0. The molecule has 74 heavy (non-hydrogen) atoms. The molecule has 10 aromatic rings. The molecule has 4 heteroatoms. The van der Waals surface area contributed by atoms with Gasteiger partial charge < -0.3 is 15.0 Å². The van der Waals surface area contributed by atoms with Crippen molar-refractivity contribution in [3.8, 4) is 78.3 Å². The molecule has 3 heterocycles. The zero-order valence-corrected chi connectivity index (χ0v) is 45.5. The van der Waals surface area contributed by atoms with Gasteiger partial charge in [0.05, 0.1) is 0 Å². The average Bonchev–Trinajstić information content (AvgIpc) is 3.57. The topological polar surface area (TPSA) is 38.7 Å². The number of hydrogen-bond donors (Lipinski definition) is 0. The molecule has 0 amide bonds. The monoisotopic (exact) mass is 1140 g/mol. The summed E-state index contributed by atoms with van der Waals surface area (Å²) in [5, 5.41) is 0. The maximum absolute atomic E-state index is 5.20. The minimum atomic E-state index is -0.0435. The van der Waals surface area contributed by atoms with E-state index in [1.807, 2.05) is 48.8 Å². The summed E-state index contributed by atoms with van der Waals surface area (Å²) >= 11 is 0. The first-order valence-corrected chi connectivity index (χ1v) is 25.7. The van der Waals surface area contributed by atoms with E-state index in [-0.39, 0.29) is 36.4 Å². The summed E-state index contributed by atoms with van der Waals surface area (Å²) in [5.74, 6) is 0. The van der Waals surface area contributed by atoms with E-state index >= 15 is 0 Å². The van der Waals surface area contributed by atoms with Crippen molar-refractivity contribution in [1.82, 2.24) is 15.0 Å². The molecule has 0 saturated heterocycles. The molecule has 0 aliphatic heterocycles. The Morgan fingerprint density at radius 2 is 0.865 bits per heavy atom. The first-order chi connectivity index (χ1) is 35.4. The Morgan fingerprint density at radius 3 is 1.43 bits per heavy atom. The first-order valence-electron chi connectivity index (χ1n) is 25.7. The van der Waals surface area contributed by atoms with Gasteiger partial charge in [-0.25, -0.2) is 0 Å². The van der Waals surface area contributed by atoms with E-state index in [0.29, 0.717) is 0 Å². The molecule has 0 atom stereocenters. The second kappa shape index (κ2) is 20.9. The molecule has 1 aliphatic carbocycles. The van der Waals surface area contributed by atoms with Crippen LogP contribution in [-0.2, 0) is 56.6 Å². The van der Waals surface area contributed by atoms with Gasteiger partial charge in [-0.15, -0.1) is 94.5 Å². The summed E-state index contributed by atoms with van der Waals surface area (Å²) in [6, 6.07) is 78.5. The summed E-state index contributed by atoms with van der Waals surface area (Å²) in [5.41, 5.74) is 23.0. The molecule has 0 N–H and O–H groups in total. The summed E-state index contributed by atoms with van der Waals surface area (Å²) in [4.78, 5) is 14.3. The average molecular weight is 1140 g/mol. The molecule has 0 fully saturated rings. The van der Waals surface area contributed by atoms with Crippen molar-refractivity contribution in [2.75, 3.05) is 0 Å². The quantitative estimate of drug-likeness (QED) is 0.108. The molecule has 3 nitrogen and oxygen atoms in total. The third-order valence-corrected chi connectivity index (χ3v) is 16.5. The van der Waals surface area contributed by atoms with Crippen LogP contribution in [-0.4, -0.2) is 15.0 Å². The predicted molar refractivity (Wildman–Crippen MR) is 302 cm³/mol. The predicted octanol–water partition coefficient (Wildman–Crippen LogP) is 17.1. The molecular formula is C70H60IrN3. The van der Waals surface area contributed by atoms with Crippen molar-refractivity contribution in [3.05, 3.63) is 258 Å². The molecule has 7 aromatic carbocycles. The van der Waals surface area contributed by atoms with Crippen molar-refractivity contribution in [2.45, 2.75) is 78.1 Å². The molecule has 3 aromatic heterocycles. The molecule has 1 aliphatic rings. The van der Waals surface area contributed by atoms with Gasteiger partial charge in [0.15, 0.2) is 0 Å². The van der Waals surface area contributed by atoms with Crippen molar-refractivity contribution >= 4 is 0 Å². The summed E-state index contributed by atoms with van der Waals surface area (Å²) in [7, 11) is 0. The van der Waals surface area contributed by atoms with Crippen molar-refractivity contribution < 1.29 is 20.1 Å². The Labute approximate surface area is 452 Å². The van der Waals surface area contributed by atoms with Crippen LogP contribution < -0.4 is 0 Å². The van der Waals surface area contributed by atoms with E-state index in [0.717, 1.165) is 76.1 Å². The van der Waals surface area contributed by atoms with Gasteiger partial charge in [-0.1, -0.05) is 198 Å². The summed E-state index contributed by atoms with van der Waals surface area (Å²) < 4.78 is 0. The smallest absolute Gasteiger partial charge is 0.305 e. The molecule has 0 bridgehead atoms. The Balaban J connectivity index is 0.00000626. The van der Waals surface area contributed by atoms with E-state index in [1.165, 1.54) is 61.2 Å². The number of rotatable bonds is 13. The molecule has 0 spiro atoms. The molecule has 0 saturated carbocycles. The van der Waals surface area contributed by atoms with Gasteiger partial charge in [-0.05, 0) is 108 Å². The van der Waals surface area contributed by atoms with Crippen LogP contribution in [0.15, 0.2) is 207 Å². The third-order valence-electron chi connectivity index (χ3n) is 16.5.